The molecule has 0 unspecified atom stereocenters. The van der Waals surface area contributed by atoms with Gasteiger partial charge in [-0.15, -0.1) is 0 Å². The van der Waals surface area contributed by atoms with Gasteiger partial charge < -0.3 is 14.6 Å². The SMILES string of the molecule is O=C(O)c1cc(-c2ccc(F)cc2)nc2cc3c(cc12)OCCCO3. The number of aromatic carboxylic acids is 1. The summed E-state index contributed by atoms with van der Waals surface area (Å²) < 4.78 is 24.4. The molecule has 5 nitrogen and oxygen atoms in total. The first-order valence-corrected chi connectivity index (χ1v) is 7.85. The standard InChI is InChI=1S/C19H14FNO4/c20-12-4-2-11(3-5-12)15-8-14(19(22)23)13-9-17-18(10-16(13)21-15)25-7-1-6-24-17/h2-5,8-10H,1,6-7H2,(H,22,23). The predicted molar refractivity (Wildman–Crippen MR) is 89.7 cm³/mol. The van der Waals surface area contributed by atoms with Gasteiger partial charge in [0.2, 0.25) is 0 Å². The second-order valence-electron chi connectivity index (χ2n) is 5.73. The summed E-state index contributed by atoms with van der Waals surface area (Å²) in [6.45, 7) is 1.05. The van der Waals surface area contributed by atoms with Gasteiger partial charge >= 0.3 is 5.97 Å². The first kappa shape index (κ1) is 15.4. The Bertz CT molecular complexity index is 969. The highest BCUT2D eigenvalue weighted by Gasteiger charge is 2.18. The fourth-order valence-corrected chi connectivity index (χ4v) is 2.83. The van der Waals surface area contributed by atoms with Crippen LogP contribution in [0.15, 0.2) is 42.5 Å². The third-order valence-corrected chi connectivity index (χ3v) is 4.05. The number of carbonyl (C=O) groups is 1. The number of nitrogens with zero attached hydrogens (tertiary/aromatic N) is 1. The Morgan fingerprint density at radius 2 is 1.72 bits per heavy atom. The molecule has 1 aliphatic rings. The van der Waals surface area contributed by atoms with E-state index in [-0.39, 0.29) is 11.4 Å². The van der Waals surface area contributed by atoms with E-state index in [0.29, 0.717) is 46.9 Å². The highest BCUT2D eigenvalue weighted by molar-refractivity contribution is 6.04. The molecule has 0 fully saturated rings. The molecule has 0 aliphatic carbocycles. The number of benzene rings is 2. The number of halogens is 1. The minimum Gasteiger partial charge on any atom is -0.490 e. The van der Waals surface area contributed by atoms with Crippen molar-refractivity contribution in [3.8, 4) is 22.8 Å². The molecule has 2 aromatic carbocycles. The van der Waals surface area contributed by atoms with Crippen LogP contribution in [0.25, 0.3) is 22.2 Å². The molecule has 1 aliphatic heterocycles. The van der Waals surface area contributed by atoms with Gasteiger partial charge in [0.15, 0.2) is 11.5 Å². The summed E-state index contributed by atoms with van der Waals surface area (Å²) in [6.07, 6.45) is 0.755. The van der Waals surface area contributed by atoms with E-state index in [4.69, 9.17) is 9.47 Å². The lowest BCUT2D eigenvalue weighted by molar-refractivity contribution is 0.0699. The Morgan fingerprint density at radius 3 is 2.40 bits per heavy atom. The number of fused-ring (bicyclic) bond motifs is 2. The second kappa shape index (κ2) is 6.05. The van der Waals surface area contributed by atoms with Gasteiger partial charge in [-0.1, -0.05) is 0 Å². The average molecular weight is 339 g/mol. The van der Waals surface area contributed by atoms with E-state index in [9.17, 15) is 14.3 Å². The van der Waals surface area contributed by atoms with Crippen molar-refractivity contribution in [2.24, 2.45) is 0 Å². The Morgan fingerprint density at radius 1 is 1.04 bits per heavy atom. The van der Waals surface area contributed by atoms with Gasteiger partial charge in [0.05, 0.1) is 30.0 Å². The molecule has 4 rings (SSSR count). The molecule has 25 heavy (non-hydrogen) atoms. The van der Waals surface area contributed by atoms with Crippen LogP contribution in [0.2, 0.25) is 0 Å². The van der Waals surface area contributed by atoms with Gasteiger partial charge in [-0.05, 0) is 36.4 Å². The van der Waals surface area contributed by atoms with Gasteiger partial charge in [0, 0.05) is 23.4 Å². The van der Waals surface area contributed by atoms with Crippen molar-refractivity contribution in [3.05, 3.63) is 53.8 Å². The van der Waals surface area contributed by atoms with E-state index in [1.807, 2.05) is 0 Å². The molecular weight excluding hydrogens is 325 g/mol. The topological polar surface area (TPSA) is 68.7 Å². The Balaban J connectivity index is 1.94. The van der Waals surface area contributed by atoms with E-state index in [2.05, 4.69) is 4.98 Å². The van der Waals surface area contributed by atoms with Crippen molar-refractivity contribution in [2.45, 2.75) is 6.42 Å². The monoisotopic (exact) mass is 339 g/mol. The summed E-state index contributed by atoms with van der Waals surface area (Å²) in [7, 11) is 0. The molecule has 0 atom stereocenters. The zero-order chi connectivity index (χ0) is 17.4. The highest BCUT2D eigenvalue weighted by Crippen LogP contribution is 2.36. The zero-order valence-electron chi connectivity index (χ0n) is 13.2. The third kappa shape index (κ3) is 2.87. The molecule has 0 spiro atoms. The maximum absolute atomic E-state index is 13.1. The van der Waals surface area contributed by atoms with Crippen molar-refractivity contribution >= 4 is 16.9 Å². The number of carboxylic acid groups (broad SMARTS) is 1. The first-order valence-electron chi connectivity index (χ1n) is 7.85. The lowest BCUT2D eigenvalue weighted by Crippen LogP contribution is -2.01. The quantitative estimate of drug-likeness (QED) is 0.767. The van der Waals surface area contributed by atoms with Crippen LogP contribution in [-0.2, 0) is 0 Å². The van der Waals surface area contributed by atoms with Gasteiger partial charge in [-0.2, -0.15) is 0 Å². The van der Waals surface area contributed by atoms with E-state index in [0.717, 1.165) is 6.42 Å². The van der Waals surface area contributed by atoms with E-state index in [1.165, 1.54) is 18.2 Å². The summed E-state index contributed by atoms with van der Waals surface area (Å²) in [5, 5.41) is 10.1. The number of hydrogen-bond acceptors (Lipinski definition) is 4. The first-order chi connectivity index (χ1) is 12.1. The molecule has 0 saturated heterocycles. The molecule has 0 amide bonds. The second-order valence-corrected chi connectivity index (χ2v) is 5.73. The van der Waals surface area contributed by atoms with Crippen molar-refractivity contribution in [1.29, 1.82) is 0 Å². The molecular formula is C19H14FNO4. The maximum Gasteiger partial charge on any atom is 0.336 e. The summed E-state index contributed by atoms with van der Waals surface area (Å²) in [4.78, 5) is 16.3. The van der Waals surface area contributed by atoms with Crippen molar-refractivity contribution in [2.75, 3.05) is 13.2 Å². The van der Waals surface area contributed by atoms with Crippen LogP contribution in [-0.4, -0.2) is 29.3 Å². The zero-order valence-corrected chi connectivity index (χ0v) is 13.2. The molecule has 126 valence electrons. The van der Waals surface area contributed by atoms with Crippen LogP contribution in [0.4, 0.5) is 4.39 Å². The molecule has 1 N–H and O–H groups in total. The number of pyridine rings is 1. The van der Waals surface area contributed by atoms with Crippen LogP contribution in [0.3, 0.4) is 0 Å². The largest absolute Gasteiger partial charge is 0.490 e. The minimum atomic E-state index is -1.06. The molecule has 1 aromatic heterocycles. The molecule has 0 bridgehead atoms. The van der Waals surface area contributed by atoms with Gasteiger partial charge in [-0.3, -0.25) is 0 Å². The number of rotatable bonds is 2. The van der Waals surface area contributed by atoms with Gasteiger partial charge in [0.1, 0.15) is 5.82 Å². The molecule has 3 aromatic rings. The van der Waals surface area contributed by atoms with Crippen molar-refractivity contribution in [1.82, 2.24) is 4.98 Å². The average Bonchev–Trinajstić information content (AvgIpc) is 2.84. The normalized spacial score (nSPS) is 13.5. The number of ether oxygens (including phenoxy) is 2. The third-order valence-electron chi connectivity index (χ3n) is 4.05. The molecule has 0 radical (unpaired) electrons. The number of aromatic nitrogens is 1. The number of hydrogen-bond donors (Lipinski definition) is 1. The van der Waals surface area contributed by atoms with Crippen LogP contribution in [0, 0.1) is 5.82 Å². The van der Waals surface area contributed by atoms with Crippen LogP contribution >= 0.6 is 0 Å². The lowest BCUT2D eigenvalue weighted by Gasteiger charge is -2.12. The van der Waals surface area contributed by atoms with Crippen molar-refractivity contribution in [3.63, 3.8) is 0 Å². The highest BCUT2D eigenvalue weighted by atomic mass is 19.1. The molecule has 0 saturated carbocycles. The van der Waals surface area contributed by atoms with Crippen molar-refractivity contribution < 1.29 is 23.8 Å². The Labute approximate surface area is 142 Å². The molecule has 6 heteroatoms. The fraction of sp³-hybridized carbons (Fsp3) is 0.158. The van der Waals surface area contributed by atoms with E-state index in [1.54, 1.807) is 24.3 Å². The lowest BCUT2D eigenvalue weighted by atomic mass is 10.0. The van der Waals surface area contributed by atoms with E-state index < -0.39 is 5.97 Å². The van der Waals surface area contributed by atoms with Crippen LogP contribution < -0.4 is 9.47 Å². The Kier molecular flexibility index (Phi) is 3.72. The van der Waals surface area contributed by atoms with E-state index >= 15 is 0 Å². The summed E-state index contributed by atoms with van der Waals surface area (Å²) >= 11 is 0. The predicted octanol–water partition coefficient (Wildman–Crippen LogP) is 3.90. The summed E-state index contributed by atoms with van der Waals surface area (Å²) in [5.41, 5.74) is 1.70. The summed E-state index contributed by atoms with van der Waals surface area (Å²) in [6, 6.07) is 10.6. The van der Waals surface area contributed by atoms with Crippen LogP contribution in [0.1, 0.15) is 16.8 Å². The minimum absolute atomic E-state index is 0.111. The smallest absolute Gasteiger partial charge is 0.336 e. The summed E-state index contributed by atoms with van der Waals surface area (Å²) in [5.74, 6) is -0.363. The maximum atomic E-state index is 13.1. The number of carboxylic acids is 1. The molecule has 2 heterocycles. The Hall–Kier alpha value is -3.15. The fourth-order valence-electron chi connectivity index (χ4n) is 2.83. The van der Waals surface area contributed by atoms with Gasteiger partial charge in [-0.25, -0.2) is 14.2 Å². The van der Waals surface area contributed by atoms with Crippen LogP contribution in [0.5, 0.6) is 11.5 Å². The van der Waals surface area contributed by atoms with Gasteiger partial charge in [0.25, 0.3) is 0 Å².